The van der Waals surface area contributed by atoms with E-state index in [-0.39, 0.29) is 22.9 Å². The zero-order valence-electron chi connectivity index (χ0n) is 19.6. The lowest BCUT2D eigenvalue weighted by Gasteiger charge is -2.34. The van der Waals surface area contributed by atoms with Gasteiger partial charge in [0.25, 0.3) is 11.8 Å². The van der Waals surface area contributed by atoms with Crippen LogP contribution in [0.15, 0.2) is 35.3 Å². The maximum absolute atomic E-state index is 13.9. The molecule has 0 aliphatic carbocycles. The minimum atomic E-state index is -4.68. The number of guanidine groups is 1. The second-order valence-corrected chi connectivity index (χ2v) is 9.08. The van der Waals surface area contributed by atoms with E-state index in [4.69, 9.17) is 11.5 Å². The number of nitrogens with two attached hydrogens (primary N) is 2. The van der Waals surface area contributed by atoms with Crippen molar-refractivity contribution in [2.24, 2.45) is 16.5 Å². The third-order valence-corrected chi connectivity index (χ3v) is 6.63. The van der Waals surface area contributed by atoms with E-state index in [1.54, 1.807) is 23.1 Å². The number of halogens is 3. The van der Waals surface area contributed by atoms with Crippen LogP contribution >= 0.6 is 0 Å². The number of alkyl halides is 3. The molecule has 5 N–H and O–H groups in total. The quantitative estimate of drug-likeness (QED) is 0.439. The Morgan fingerprint density at radius 3 is 2.42 bits per heavy atom. The van der Waals surface area contributed by atoms with Crippen molar-refractivity contribution in [1.82, 2.24) is 4.90 Å². The number of nitrogens with zero attached hydrogens (tertiary/aromatic N) is 2. The van der Waals surface area contributed by atoms with Crippen molar-refractivity contribution < 1.29 is 27.6 Å². The van der Waals surface area contributed by atoms with E-state index < -0.39 is 29.5 Å². The maximum atomic E-state index is 13.9. The summed E-state index contributed by atoms with van der Waals surface area (Å²) in [5.74, 6) is -2.16. The summed E-state index contributed by atoms with van der Waals surface area (Å²) in [6, 6.07) is 7.30. The standard InChI is InChI=1S/C25H26F3N5O3/c1-13-10-18(19(25(26,27)28)12-17(13)22(35)32-24(29)30)14-6-8-33(9-7-14)23(36)16-2-4-20-15(11-16)3-5-21(34)31-20/h2,4,10-12,14H,3,5-9H2,1H3,(H,31,34)(H4,29,30,32,35). The van der Waals surface area contributed by atoms with Gasteiger partial charge in [-0.15, -0.1) is 0 Å². The van der Waals surface area contributed by atoms with Crippen molar-refractivity contribution in [3.63, 3.8) is 0 Å². The number of fused-ring (bicyclic) bond motifs is 1. The summed E-state index contributed by atoms with van der Waals surface area (Å²) in [6.07, 6.45) is -3.09. The number of hydrogen-bond acceptors (Lipinski definition) is 3. The van der Waals surface area contributed by atoms with Crippen LogP contribution in [0.25, 0.3) is 0 Å². The lowest BCUT2D eigenvalue weighted by Crippen LogP contribution is -2.38. The Bertz CT molecular complexity index is 1260. The smallest absolute Gasteiger partial charge is 0.370 e. The molecule has 2 aliphatic heterocycles. The Morgan fingerprint density at radius 2 is 1.78 bits per heavy atom. The topological polar surface area (TPSA) is 131 Å². The number of carbonyl (C=O) groups excluding carboxylic acids is 3. The molecule has 0 saturated carbocycles. The van der Waals surface area contributed by atoms with Crippen LogP contribution in [0.4, 0.5) is 18.9 Å². The molecule has 190 valence electrons. The predicted octanol–water partition coefficient (Wildman–Crippen LogP) is 3.33. The maximum Gasteiger partial charge on any atom is 0.416 e. The number of likely N-dealkylation sites (tertiary alicyclic amines) is 1. The third-order valence-electron chi connectivity index (χ3n) is 6.63. The predicted molar refractivity (Wildman–Crippen MR) is 128 cm³/mol. The van der Waals surface area contributed by atoms with Crippen LogP contribution in [0.5, 0.6) is 0 Å². The Kier molecular flexibility index (Phi) is 6.75. The van der Waals surface area contributed by atoms with Gasteiger partial charge in [0.2, 0.25) is 5.91 Å². The van der Waals surface area contributed by atoms with E-state index in [1.165, 1.54) is 13.0 Å². The Morgan fingerprint density at radius 1 is 1.08 bits per heavy atom. The second kappa shape index (κ2) is 9.63. The number of hydrogen-bond donors (Lipinski definition) is 3. The van der Waals surface area contributed by atoms with Crippen molar-refractivity contribution in [2.45, 2.75) is 44.7 Å². The minimum Gasteiger partial charge on any atom is -0.370 e. The largest absolute Gasteiger partial charge is 0.416 e. The van der Waals surface area contributed by atoms with Gasteiger partial charge < -0.3 is 21.7 Å². The van der Waals surface area contributed by atoms with E-state index in [2.05, 4.69) is 10.3 Å². The van der Waals surface area contributed by atoms with Crippen molar-refractivity contribution in [2.75, 3.05) is 18.4 Å². The number of anilines is 1. The van der Waals surface area contributed by atoms with E-state index >= 15 is 0 Å². The van der Waals surface area contributed by atoms with Crippen LogP contribution in [0.2, 0.25) is 0 Å². The van der Waals surface area contributed by atoms with Crippen LogP contribution < -0.4 is 16.8 Å². The third kappa shape index (κ3) is 5.19. The number of piperidine rings is 1. The van der Waals surface area contributed by atoms with Crippen molar-refractivity contribution in [3.05, 3.63) is 63.7 Å². The number of aryl methyl sites for hydroxylation is 2. The molecule has 1 saturated heterocycles. The molecule has 2 aromatic rings. The first kappa shape index (κ1) is 25.2. The monoisotopic (exact) mass is 501 g/mol. The highest BCUT2D eigenvalue weighted by Gasteiger charge is 2.38. The average Bonchev–Trinajstić information content (AvgIpc) is 2.82. The van der Waals surface area contributed by atoms with Crippen LogP contribution in [0, 0.1) is 6.92 Å². The van der Waals surface area contributed by atoms with Crippen LogP contribution in [-0.2, 0) is 17.4 Å². The van der Waals surface area contributed by atoms with E-state index in [0.717, 1.165) is 11.6 Å². The SMILES string of the molecule is Cc1cc(C2CCN(C(=O)c3ccc4c(c3)CCC(=O)N4)CC2)c(C(F)(F)F)cc1C(=O)N=C(N)N. The lowest BCUT2D eigenvalue weighted by molar-refractivity contribution is -0.138. The van der Waals surface area contributed by atoms with Gasteiger partial charge >= 0.3 is 6.18 Å². The molecule has 0 radical (unpaired) electrons. The number of nitrogens with one attached hydrogen (secondary N) is 1. The summed E-state index contributed by atoms with van der Waals surface area (Å²) < 4.78 is 41.8. The highest BCUT2D eigenvalue weighted by atomic mass is 19.4. The van der Waals surface area contributed by atoms with E-state index in [9.17, 15) is 27.6 Å². The highest BCUT2D eigenvalue weighted by molar-refractivity contribution is 6.03. The van der Waals surface area contributed by atoms with Crippen molar-refractivity contribution >= 4 is 29.4 Å². The molecule has 36 heavy (non-hydrogen) atoms. The fraction of sp³-hybridized carbons (Fsp3) is 0.360. The number of carbonyl (C=O) groups is 3. The van der Waals surface area contributed by atoms with Gasteiger partial charge in [-0.2, -0.15) is 18.2 Å². The summed E-state index contributed by atoms with van der Waals surface area (Å²) in [4.78, 5) is 41.8. The zero-order chi connectivity index (χ0) is 26.2. The van der Waals surface area contributed by atoms with Gasteiger partial charge in [0.1, 0.15) is 0 Å². The van der Waals surface area contributed by atoms with Crippen LogP contribution in [0.1, 0.15) is 68.2 Å². The molecule has 8 nitrogen and oxygen atoms in total. The lowest BCUT2D eigenvalue weighted by atomic mass is 9.84. The Labute approximate surface area is 205 Å². The highest BCUT2D eigenvalue weighted by Crippen LogP contribution is 2.40. The van der Waals surface area contributed by atoms with Gasteiger partial charge in [-0.1, -0.05) is 6.07 Å². The molecule has 2 heterocycles. The molecule has 3 amide bonds. The fourth-order valence-electron chi connectivity index (χ4n) is 4.81. The number of amides is 3. The van der Waals surface area contributed by atoms with Crippen molar-refractivity contribution in [1.29, 1.82) is 0 Å². The molecule has 0 unspecified atom stereocenters. The summed E-state index contributed by atoms with van der Waals surface area (Å²) in [5, 5.41) is 2.78. The second-order valence-electron chi connectivity index (χ2n) is 9.08. The summed E-state index contributed by atoms with van der Waals surface area (Å²) in [7, 11) is 0. The minimum absolute atomic E-state index is 0.0641. The van der Waals surface area contributed by atoms with E-state index in [0.29, 0.717) is 55.6 Å². The summed E-state index contributed by atoms with van der Waals surface area (Å²) >= 11 is 0. The molecule has 4 rings (SSSR count). The number of aliphatic imine (C=N–C) groups is 1. The normalized spacial score (nSPS) is 16.2. The van der Waals surface area contributed by atoms with E-state index in [1.807, 2.05) is 0 Å². The first-order valence-corrected chi connectivity index (χ1v) is 11.5. The zero-order valence-corrected chi connectivity index (χ0v) is 19.6. The average molecular weight is 502 g/mol. The molecule has 11 heteroatoms. The molecule has 2 aliphatic rings. The molecular weight excluding hydrogens is 475 g/mol. The summed E-state index contributed by atoms with van der Waals surface area (Å²) in [6.45, 7) is 2.13. The molecule has 0 atom stereocenters. The van der Waals surface area contributed by atoms with Gasteiger partial charge in [-0.3, -0.25) is 14.4 Å². The van der Waals surface area contributed by atoms with Gasteiger partial charge in [0.05, 0.1) is 5.56 Å². The van der Waals surface area contributed by atoms with Crippen LogP contribution in [0.3, 0.4) is 0 Å². The molecule has 0 bridgehead atoms. The van der Waals surface area contributed by atoms with Gasteiger partial charge in [-0.25, -0.2) is 0 Å². The fourth-order valence-corrected chi connectivity index (χ4v) is 4.81. The first-order chi connectivity index (χ1) is 16.9. The molecule has 0 aromatic heterocycles. The number of benzene rings is 2. The van der Waals surface area contributed by atoms with Crippen LogP contribution in [-0.4, -0.2) is 41.7 Å². The van der Waals surface area contributed by atoms with Gasteiger partial charge in [0.15, 0.2) is 5.96 Å². The summed E-state index contributed by atoms with van der Waals surface area (Å²) in [5.41, 5.74) is 11.8. The van der Waals surface area contributed by atoms with Crippen molar-refractivity contribution in [3.8, 4) is 0 Å². The molecule has 2 aromatic carbocycles. The first-order valence-electron chi connectivity index (χ1n) is 11.5. The molecule has 0 spiro atoms. The molecular formula is C25H26F3N5O3. The Balaban J connectivity index is 1.53. The molecule has 1 fully saturated rings. The van der Waals surface area contributed by atoms with Gasteiger partial charge in [0, 0.05) is 36.3 Å². The van der Waals surface area contributed by atoms with Gasteiger partial charge in [-0.05, 0) is 73.1 Å². The Hall–Kier alpha value is -3.89. The number of rotatable bonds is 3.